The molecule has 1 aliphatic rings. The molecule has 1 N–H and O–H groups in total. The van der Waals surface area contributed by atoms with E-state index in [1.165, 1.54) is 18.5 Å². The van der Waals surface area contributed by atoms with Gasteiger partial charge in [0.2, 0.25) is 12.0 Å². The Labute approximate surface area is 124 Å². The van der Waals surface area contributed by atoms with Crippen LogP contribution in [0.4, 0.5) is 10.1 Å². The SMILES string of the molecule is Fc1ccc([NH+]2N=CN=N2)c(Oc2cccnc2)c1.[Br-]. The van der Waals surface area contributed by atoms with Gasteiger partial charge in [0.1, 0.15) is 11.6 Å². The first-order valence-corrected chi connectivity index (χ1v) is 5.51. The number of halogens is 2. The Bertz CT molecular complexity index is 638. The summed E-state index contributed by atoms with van der Waals surface area (Å²) in [5.41, 5.74) is 0.572. The van der Waals surface area contributed by atoms with Crippen molar-refractivity contribution in [2.45, 2.75) is 0 Å². The molecular weight excluding hydrogens is 329 g/mol. The smallest absolute Gasteiger partial charge is 0.229 e. The Morgan fingerprint density at radius 2 is 2.10 bits per heavy atom. The van der Waals surface area contributed by atoms with Gasteiger partial charge in [-0.2, -0.15) is 0 Å². The summed E-state index contributed by atoms with van der Waals surface area (Å²) in [6.45, 7) is 0. The molecule has 0 spiro atoms. The number of quaternary nitrogens is 1. The maximum absolute atomic E-state index is 13.3. The molecule has 0 aliphatic carbocycles. The molecule has 3 rings (SSSR count). The quantitative estimate of drug-likeness (QED) is 0.769. The van der Waals surface area contributed by atoms with Crippen LogP contribution in [-0.2, 0) is 0 Å². The van der Waals surface area contributed by atoms with Crippen LogP contribution in [0, 0.1) is 5.82 Å². The molecule has 6 nitrogen and oxygen atoms in total. The van der Waals surface area contributed by atoms with E-state index in [1.54, 1.807) is 30.6 Å². The standard InChI is InChI=1S/C12H8FN5O.BrH/c13-9-3-4-11(18-16-8-15-17-18)12(6-9)19-10-2-1-5-14-7-10;/h1-8H;1H. The van der Waals surface area contributed by atoms with Crippen LogP contribution in [0.5, 0.6) is 11.5 Å². The van der Waals surface area contributed by atoms with Gasteiger partial charge in [-0.05, 0) is 28.4 Å². The summed E-state index contributed by atoms with van der Waals surface area (Å²) in [5, 5.41) is 11.9. The average Bonchev–Trinajstić information content (AvgIpc) is 2.94. The van der Waals surface area contributed by atoms with Crippen molar-refractivity contribution in [2.24, 2.45) is 15.4 Å². The predicted octanol–water partition coefficient (Wildman–Crippen LogP) is -1.14. The fourth-order valence-corrected chi connectivity index (χ4v) is 1.61. The minimum atomic E-state index is -0.401. The number of nitrogens with zero attached hydrogens (tertiary/aromatic N) is 4. The number of hydrogen-bond donors (Lipinski definition) is 1. The van der Waals surface area contributed by atoms with Crippen molar-refractivity contribution >= 4 is 12.0 Å². The van der Waals surface area contributed by atoms with E-state index in [-0.39, 0.29) is 17.0 Å². The van der Waals surface area contributed by atoms with Crippen molar-refractivity contribution in [3.8, 4) is 11.5 Å². The van der Waals surface area contributed by atoms with Gasteiger partial charge in [0, 0.05) is 18.3 Å². The van der Waals surface area contributed by atoms with Crippen LogP contribution in [0.3, 0.4) is 0 Å². The number of hydrogen-bond acceptors (Lipinski definition) is 5. The van der Waals surface area contributed by atoms with Crippen LogP contribution in [0.15, 0.2) is 58.2 Å². The first-order valence-electron chi connectivity index (χ1n) is 5.51. The van der Waals surface area contributed by atoms with Crippen LogP contribution in [0.1, 0.15) is 0 Å². The molecule has 8 heteroatoms. The maximum Gasteiger partial charge on any atom is 0.229 e. The van der Waals surface area contributed by atoms with Crippen LogP contribution in [-0.4, -0.2) is 11.3 Å². The van der Waals surface area contributed by atoms with Gasteiger partial charge in [-0.15, -0.1) is 0 Å². The molecule has 20 heavy (non-hydrogen) atoms. The molecule has 0 saturated heterocycles. The van der Waals surface area contributed by atoms with Crippen molar-refractivity contribution < 1.29 is 31.2 Å². The summed E-state index contributed by atoms with van der Waals surface area (Å²) in [4.78, 5) is 3.93. The molecule has 1 aromatic carbocycles. The molecule has 1 aliphatic heterocycles. The van der Waals surface area contributed by atoms with E-state index in [4.69, 9.17) is 4.74 Å². The van der Waals surface area contributed by atoms with Gasteiger partial charge in [0.05, 0.1) is 11.4 Å². The Kier molecular flexibility index (Phi) is 4.49. The van der Waals surface area contributed by atoms with Gasteiger partial charge in [-0.1, -0.05) is 5.11 Å². The van der Waals surface area contributed by atoms with E-state index in [0.717, 1.165) is 0 Å². The van der Waals surface area contributed by atoms with Gasteiger partial charge in [0.25, 0.3) is 0 Å². The Hall–Kier alpha value is -2.19. The van der Waals surface area contributed by atoms with Gasteiger partial charge < -0.3 is 21.7 Å². The lowest BCUT2D eigenvalue weighted by Crippen LogP contribution is -3.00. The molecule has 0 amide bonds. The number of ether oxygens (including phenoxy) is 1. The van der Waals surface area contributed by atoms with Crippen molar-refractivity contribution in [3.63, 3.8) is 0 Å². The second kappa shape index (κ2) is 6.31. The number of nitrogens with one attached hydrogen (secondary N) is 1. The zero-order valence-electron chi connectivity index (χ0n) is 10.1. The summed E-state index contributed by atoms with van der Waals surface area (Å²) in [6, 6.07) is 7.61. The van der Waals surface area contributed by atoms with E-state index in [2.05, 4.69) is 20.4 Å². The molecule has 1 atom stereocenters. The molecule has 0 radical (unpaired) electrons. The third-order valence-corrected chi connectivity index (χ3v) is 2.43. The minimum Gasteiger partial charge on any atom is -1.00 e. The lowest BCUT2D eigenvalue weighted by atomic mass is 10.3. The van der Waals surface area contributed by atoms with Crippen molar-refractivity contribution in [3.05, 3.63) is 48.5 Å². The van der Waals surface area contributed by atoms with E-state index < -0.39 is 5.82 Å². The monoisotopic (exact) mass is 337 g/mol. The summed E-state index contributed by atoms with van der Waals surface area (Å²) >= 11 is 0. The number of pyridine rings is 1. The third kappa shape index (κ3) is 3.03. The molecular formula is C12H9BrFN5O. The van der Waals surface area contributed by atoms with E-state index >= 15 is 0 Å². The van der Waals surface area contributed by atoms with E-state index in [0.29, 0.717) is 22.3 Å². The topological polar surface area (TPSA) is 63.6 Å². The fourth-order valence-electron chi connectivity index (χ4n) is 1.61. The third-order valence-electron chi connectivity index (χ3n) is 2.43. The lowest BCUT2D eigenvalue weighted by molar-refractivity contribution is -0.847. The Morgan fingerprint density at radius 1 is 1.20 bits per heavy atom. The molecule has 0 saturated carbocycles. The van der Waals surface area contributed by atoms with Crippen molar-refractivity contribution in [2.75, 3.05) is 0 Å². The van der Waals surface area contributed by atoms with E-state index in [9.17, 15) is 4.39 Å². The summed E-state index contributed by atoms with van der Waals surface area (Å²) < 4.78 is 18.9. The zero-order chi connectivity index (χ0) is 13.1. The highest BCUT2D eigenvalue weighted by atomic mass is 79.9. The molecule has 1 aromatic heterocycles. The second-order valence-electron chi connectivity index (χ2n) is 3.71. The minimum absolute atomic E-state index is 0. The molecule has 2 heterocycles. The van der Waals surface area contributed by atoms with E-state index in [1.807, 2.05) is 0 Å². The highest BCUT2D eigenvalue weighted by molar-refractivity contribution is 5.55. The number of benzene rings is 1. The van der Waals surface area contributed by atoms with Crippen LogP contribution >= 0.6 is 0 Å². The Balaban J connectivity index is 0.00000147. The summed E-state index contributed by atoms with van der Waals surface area (Å²) in [5.74, 6) is 0.428. The van der Waals surface area contributed by atoms with Crippen LogP contribution < -0.4 is 26.8 Å². The molecule has 1 unspecified atom stereocenters. The summed E-state index contributed by atoms with van der Waals surface area (Å²) in [6.07, 6.45) is 4.49. The summed E-state index contributed by atoms with van der Waals surface area (Å²) in [7, 11) is 0. The fraction of sp³-hybridized carbons (Fsp3) is 0. The van der Waals surface area contributed by atoms with Crippen LogP contribution in [0.25, 0.3) is 0 Å². The molecule has 102 valence electrons. The highest BCUT2D eigenvalue weighted by Gasteiger charge is 2.21. The number of rotatable bonds is 3. The van der Waals surface area contributed by atoms with Crippen LogP contribution in [0.2, 0.25) is 0 Å². The predicted molar refractivity (Wildman–Crippen MR) is 64.7 cm³/mol. The molecule has 0 fully saturated rings. The Morgan fingerprint density at radius 3 is 2.80 bits per heavy atom. The molecule has 2 aromatic rings. The largest absolute Gasteiger partial charge is 1.00 e. The lowest BCUT2D eigenvalue weighted by Gasteiger charge is -2.09. The van der Waals surface area contributed by atoms with Gasteiger partial charge in [-0.25, -0.2) is 4.39 Å². The first-order chi connectivity index (χ1) is 9.33. The first kappa shape index (κ1) is 14.2. The normalized spacial score (nSPS) is 15.9. The zero-order valence-corrected chi connectivity index (χ0v) is 11.7. The average molecular weight is 338 g/mol. The molecule has 0 bridgehead atoms. The maximum atomic E-state index is 13.3. The van der Waals surface area contributed by atoms with Gasteiger partial charge in [0.15, 0.2) is 5.75 Å². The van der Waals surface area contributed by atoms with Crippen molar-refractivity contribution in [1.29, 1.82) is 0 Å². The highest BCUT2D eigenvalue weighted by Crippen LogP contribution is 2.27. The second-order valence-corrected chi connectivity index (χ2v) is 3.71. The van der Waals surface area contributed by atoms with Gasteiger partial charge >= 0.3 is 0 Å². The number of aromatic nitrogens is 1. The van der Waals surface area contributed by atoms with Crippen molar-refractivity contribution in [1.82, 2.24) is 4.98 Å². The van der Waals surface area contributed by atoms with Gasteiger partial charge in [-0.3, -0.25) is 4.98 Å².